The molecule has 1 aliphatic heterocycles. The standard InChI is InChI=1S/C3H6N4O/c4-8-7-2-5-1-6-3-7/h1-2H,3-4H2. The molecule has 5 heteroatoms. The first-order chi connectivity index (χ1) is 3.93. The molecule has 0 saturated heterocycles. The third-order valence-corrected chi connectivity index (χ3v) is 0.700. The van der Waals surface area contributed by atoms with Crippen LogP contribution >= 0.6 is 0 Å². The van der Waals surface area contributed by atoms with Crippen LogP contribution in [0.5, 0.6) is 0 Å². The Morgan fingerprint density at radius 2 is 2.62 bits per heavy atom. The van der Waals surface area contributed by atoms with Gasteiger partial charge in [-0.2, -0.15) is 10.8 Å². The van der Waals surface area contributed by atoms with Crippen LogP contribution in [-0.4, -0.2) is 24.4 Å². The Hall–Kier alpha value is -0.940. The van der Waals surface area contributed by atoms with Crippen molar-refractivity contribution in [2.75, 3.05) is 6.67 Å². The van der Waals surface area contributed by atoms with Gasteiger partial charge in [0, 0.05) is 0 Å². The first-order valence-corrected chi connectivity index (χ1v) is 2.08. The third-order valence-electron chi connectivity index (χ3n) is 0.700. The summed E-state index contributed by atoms with van der Waals surface area (Å²) in [6.45, 7) is 0.417. The van der Waals surface area contributed by atoms with Crippen molar-refractivity contribution in [3.8, 4) is 0 Å². The third kappa shape index (κ3) is 1.02. The molecule has 2 N–H and O–H groups in total. The van der Waals surface area contributed by atoms with Gasteiger partial charge in [0.25, 0.3) is 0 Å². The molecule has 0 bridgehead atoms. The van der Waals surface area contributed by atoms with E-state index in [1.807, 2.05) is 0 Å². The van der Waals surface area contributed by atoms with Gasteiger partial charge in [-0.05, 0) is 0 Å². The van der Waals surface area contributed by atoms with Gasteiger partial charge in [-0.3, -0.25) is 0 Å². The van der Waals surface area contributed by atoms with Crippen molar-refractivity contribution in [1.82, 2.24) is 5.06 Å². The van der Waals surface area contributed by atoms with Crippen molar-refractivity contribution in [2.45, 2.75) is 0 Å². The second kappa shape index (κ2) is 2.39. The Balaban J connectivity index is 2.40. The summed E-state index contributed by atoms with van der Waals surface area (Å²) < 4.78 is 0. The second-order valence-electron chi connectivity index (χ2n) is 1.23. The molecule has 0 atom stereocenters. The Morgan fingerprint density at radius 1 is 1.75 bits per heavy atom. The number of hydrogen-bond acceptors (Lipinski definition) is 5. The molecular formula is C3H6N4O. The van der Waals surface area contributed by atoms with Gasteiger partial charge in [0.2, 0.25) is 0 Å². The van der Waals surface area contributed by atoms with E-state index in [1.54, 1.807) is 0 Å². The Morgan fingerprint density at radius 3 is 3.00 bits per heavy atom. The van der Waals surface area contributed by atoms with Crippen LogP contribution in [0.15, 0.2) is 9.98 Å². The second-order valence-corrected chi connectivity index (χ2v) is 1.23. The van der Waals surface area contributed by atoms with Crippen LogP contribution in [0.4, 0.5) is 0 Å². The molecule has 0 unspecified atom stereocenters. The number of aliphatic imine (C=N–C) groups is 2. The summed E-state index contributed by atoms with van der Waals surface area (Å²) in [7, 11) is 0. The lowest BCUT2D eigenvalue weighted by Crippen LogP contribution is -2.27. The molecule has 1 rings (SSSR count). The van der Waals surface area contributed by atoms with E-state index in [2.05, 4.69) is 14.9 Å². The lowest BCUT2D eigenvalue weighted by molar-refractivity contribution is -0.0966. The maximum atomic E-state index is 4.76. The highest BCUT2D eigenvalue weighted by atomic mass is 16.8. The van der Waals surface area contributed by atoms with E-state index in [-0.39, 0.29) is 0 Å². The van der Waals surface area contributed by atoms with Gasteiger partial charge in [-0.15, -0.1) is 0 Å². The van der Waals surface area contributed by atoms with Crippen molar-refractivity contribution in [3.63, 3.8) is 0 Å². The topological polar surface area (TPSA) is 63.2 Å². The van der Waals surface area contributed by atoms with Crippen molar-refractivity contribution >= 4 is 12.7 Å². The van der Waals surface area contributed by atoms with Gasteiger partial charge in [-0.1, -0.05) is 0 Å². The molecule has 0 aliphatic carbocycles. The highest BCUT2D eigenvalue weighted by molar-refractivity contribution is 5.72. The normalized spacial score (nSPS) is 17.4. The van der Waals surface area contributed by atoms with Gasteiger partial charge in [0.15, 0.2) is 0 Å². The van der Waals surface area contributed by atoms with E-state index in [9.17, 15) is 0 Å². The minimum absolute atomic E-state index is 0.417. The molecular weight excluding hydrogens is 108 g/mol. The molecule has 0 aromatic rings. The zero-order valence-corrected chi connectivity index (χ0v) is 4.19. The summed E-state index contributed by atoms with van der Waals surface area (Å²) in [6, 6.07) is 0. The van der Waals surface area contributed by atoms with E-state index in [0.29, 0.717) is 6.67 Å². The average Bonchev–Trinajstić information content (AvgIpc) is 1.90. The molecule has 44 valence electrons. The van der Waals surface area contributed by atoms with E-state index in [4.69, 9.17) is 5.90 Å². The van der Waals surface area contributed by atoms with Crippen LogP contribution in [0.25, 0.3) is 0 Å². The first kappa shape index (κ1) is 5.20. The molecule has 0 fully saturated rings. The summed E-state index contributed by atoms with van der Waals surface area (Å²) in [6.07, 6.45) is 2.89. The predicted molar refractivity (Wildman–Crippen MR) is 29.0 cm³/mol. The van der Waals surface area contributed by atoms with E-state index < -0.39 is 0 Å². The van der Waals surface area contributed by atoms with Crippen LogP contribution in [0.1, 0.15) is 0 Å². The zero-order chi connectivity index (χ0) is 5.82. The fraction of sp³-hybridized carbons (Fsp3) is 0.333. The predicted octanol–water partition coefficient (Wildman–Crippen LogP) is -0.879. The Kier molecular flexibility index (Phi) is 1.55. The lowest BCUT2D eigenvalue weighted by atomic mass is 10.9. The average molecular weight is 114 g/mol. The van der Waals surface area contributed by atoms with Crippen LogP contribution in [-0.2, 0) is 4.94 Å². The summed E-state index contributed by atoms with van der Waals surface area (Å²) >= 11 is 0. The van der Waals surface area contributed by atoms with Gasteiger partial charge >= 0.3 is 0 Å². The van der Waals surface area contributed by atoms with E-state index >= 15 is 0 Å². The molecule has 0 aromatic heterocycles. The Bertz CT molecular complexity index is 120. The summed E-state index contributed by atoms with van der Waals surface area (Å²) in [5.74, 6) is 4.76. The largest absolute Gasteiger partial charge is 0.249 e. The number of hydrogen-bond donors (Lipinski definition) is 1. The molecule has 0 spiro atoms. The van der Waals surface area contributed by atoms with Gasteiger partial charge in [-0.25, -0.2) is 15.0 Å². The molecule has 1 heterocycles. The minimum Gasteiger partial charge on any atom is -0.249 e. The monoisotopic (exact) mass is 114 g/mol. The quantitative estimate of drug-likeness (QED) is 0.450. The van der Waals surface area contributed by atoms with Crippen LogP contribution in [0, 0.1) is 0 Å². The fourth-order valence-corrected chi connectivity index (χ4v) is 0.365. The molecule has 0 saturated carbocycles. The molecule has 0 amide bonds. The molecule has 0 radical (unpaired) electrons. The number of hydroxylamine groups is 2. The number of rotatable bonds is 1. The van der Waals surface area contributed by atoms with Crippen molar-refractivity contribution in [1.29, 1.82) is 0 Å². The summed E-state index contributed by atoms with van der Waals surface area (Å²) in [5, 5.41) is 1.31. The van der Waals surface area contributed by atoms with Gasteiger partial charge < -0.3 is 0 Å². The molecule has 0 aromatic carbocycles. The van der Waals surface area contributed by atoms with Gasteiger partial charge in [0.05, 0.1) is 0 Å². The maximum Gasteiger partial charge on any atom is 0.140 e. The van der Waals surface area contributed by atoms with Crippen molar-refractivity contribution < 1.29 is 4.94 Å². The molecule has 8 heavy (non-hydrogen) atoms. The van der Waals surface area contributed by atoms with Crippen LogP contribution in [0.3, 0.4) is 0 Å². The summed E-state index contributed by atoms with van der Waals surface area (Å²) in [4.78, 5) is 11.6. The fourth-order valence-electron chi connectivity index (χ4n) is 0.365. The Labute approximate surface area is 46.4 Å². The highest BCUT2D eigenvalue weighted by Crippen LogP contribution is 1.85. The van der Waals surface area contributed by atoms with Gasteiger partial charge in [0.1, 0.15) is 19.3 Å². The molecule has 1 aliphatic rings. The van der Waals surface area contributed by atoms with Crippen molar-refractivity contribution in [2.24, 2.45) is 15.9 Å². The molecule has 5 nitrogen and oxygen atoms in total. The van der Waals surface area contributed by atoms with Crippen molar-refractivity contribution in [3.05, 3.63) is 0 Å². The van der Waals surface area contributed by atoms with Crippen LogP contribution in [0.2, 0.25) is 0 Å². The first-order valence-electron chi connectivity index (χ1n) is 2.08. The lowest BCUT2D eigenvalue weighted by Gasteiger charge is -2.12. The SMILES string of the molecule is NON1C=NC=NC1. The van der Waals surface area contributed by atoms with E-state index in [0.717, 1.165) is 0 Å². The maximum absolute atomic E-state index is 4.76. The number of nitrogens with zero attached hydrogens (tertiary/aromatic N) is 3. The minimum atomic E-state index is 0.417. The number of nitrogens with two attached hydrogens (primary N) is 1. The smallest absolute Gasteiger partial charge is 0.140 e. The highest BCUT2D eigenvalue weighted by Gasteiger charge is 1.96. The van der Waals surface area contributed by atoms with Crippen LogP contribution < -0.4 is 5.90 Å². The van der Waals surface area contributed by atoms with E-state index in [1.165, 1.54) is 17.7 Å². The summed E-state index contributed by atoms with van der Waals surface area (Å²) in [5.41, 5.74) is 0. The zero-order valence-electron chi connectivity index (χ0n) is 4.19.